The van der Waals surface area contributed by atoms with Crippen LogP contribution < -0.4 is 0 Å². The summed E-state index contributed by atoms with van der Waals surface area (Å²) in [5.74, 6) is 0.770. The summed E-state index contributed by atoms with van der Waals surface area (Å²) in [4.78, 5) is 28.3. The molecule has 0 N–H and O–H groups in total. The van der Waals surface area contributed by atoms with Crippen molar-refractivity contribution in [2.45, 2.75) is 26.2 Å². The van der Waals surface area contributed by atoms with Crippen LogP contribution in [0.5, 0.6) is 0 Å². The van der Waals surface area contributed by atoms with Gasteiger partial charge in [0.1, 0.15) is 0 Å². The quantitative estimate of drug-likeness (QED) is 0.731. The molecule has 3 rings (SSSR count). The number of amides is 2. The Morgan fingerprint density at radius 2 is 1.68 bits per heavy atom. The van der Waals surface area contributed by atoms with Crippen molar-refractivity contribution in [3.05, 3.63) is 0 Å². The summed E-state index contributed by atoms with van der Waals surface area (Å²) in [5.41, 5.74) is -0.324. The van der Waals surface area contributed by atoms with Crippen molar-refractivity contribution in [3.63, 3.8) is 0 Å². The van der Waals surface area contributed by atoms with Crippen LogP contribution in [0, 0.1) is 11.3 Å². The van der Waals surface area contributed by atoms with E-state index >= 15 is 0 Å². The van der Waals surface area contributed by atoms with E-state index in [2.05, 4.69) is 0 Å². The molecule has 3 fully saturated rings. The molecule has 1 aliphatic carbocycles. The molecule has 0 aromatic heterocycles. The van der Waals surface area contributed by atoms with Gasteiger partial charge in [0.2, 0.25) is 11.8 Å². The SMILES string of the molecule is CC1(C(=O)N2CCCN(C(=O)C3CC3)CC2)COC1. The fourth-order valence-corrected chi connectivity index (χ4v) is 2.84. The van der Waals surface area contributed by atoms with Gasteiger partial charge in [-0.05, 0) is 26.2 Å². The second kappa shape index (κ2) is 4.78. The molecule has 19 heavy (non-hydrogen) atoms. The number of carbonyl (C=O) groups is 2. The molecule has 0 radical (unpaired) electrons. The number of rotatable bonds is 2. The molecule has 0 unspecified atom stereocenters. The van der Waals surface area contributed by atoms with Crippen LogP contribution in [-0.4, -0.2) is 61.0 Å². The van der Waals surface area contributed by atoms with Crippen molar-refractivity contribution < 1.29 is 14.3 Å². The van der Waals surface area contributed by atoms with E-state index in [0.29, 0.717) is 32.2 Å². The Balaban J connectivity index is 1.57. The van der Waals surface area contributed by atoms with Gasteiger partial charge in [-0.3, -0.25) is 9.59 Å². The van der Waals surface area contributed by atoms with Gasteiger partial charge in [-0.1, -0.05) is 0 Å². The van der Waals surface area contributed by atoms with Crippen LogP contribution in [0.3, 0.4) is 0 Å². The molecule has 0 bridgehead atoms. The Morgan fingerprint density at radius 1 is 1.05 bits per heavy atom. The van der Waals surface area contributed by atoms with Gasteiger partial charge in [0.25, 0.3) is 0 Å². The van der Waals surface area contributed by atoms with Gasteiger partial charge in [-0.2, -0.15) is 0 Å². The number of hydrogen-bond donors (Lipinski definition) is 0. The normalized spacial score (nSPS) is 26.6. The van der Waals surface area contributed by atoms with Gasteiger partial charge in [-0.25, -0.2) is 0 Å². The van der Waals surface area contributed by atoms with Gasteiger partial charge < -0.3 is 14.5 Å². The first-order valence-electron chi connectivity index (χ1n) is 7.26. The van der Waals surface area contributed by atoms with E-state index in [1.165, 1.54) is 0 Å². The molecule has 5 heteroatoms. The molecule has 106 valence electrons. The molecule has 0 spiro atoms. The highest BCUT2D eigenvalue weighted by molar-refractivity contribution is 5.84. The third kappa shape index (κ3) is 2.48. The highest BCUT2D eigenvalue weighted by Crippen LogP contribution is 2.32. The third-order valence-electron chi connectivity index (χ3n) is 4.38. The van der Waals surface area contributed by atoms with E-state index in [0.717, 1.165) is 32.4 Å². The molecule has 3 aliphatic rings. The standard InChI is InChI=1S/C14H22N2O3/c1-14(9-19-10-14)13(18)16-6-2-5-15(7-8-16)12(17)11-3-4-11/h11H,2-10H2,1H3. The molecule has 0 aromatic rings. The van der Waals surface area contributed by atoms with Crippen LogP contribution in [0.4, 0.5) is 0 Å². The summed E-state index contributed by atoms with van der Waals surface area (Å²) in [5, 5.41) is 0. The zero-order valence-electron chi connectivity index (χ0n) is 11.6. The van der Waals surface area contributed by atoms with Crippen LogP contribution >= 0.6 is 0 Å². The maximum absolute atomic E-state index is 12.4. The van der Waals surface area contributed by atoms with Crippen LogP contribution in [0.1, 0.15) is 26.2 Å². The molecule has 2 saturated heterocycles. The average Bonchev–Trinajstić information content (AvgIpc) is 3.19. The first kappa shape index (κ1) is 12.9. The fourth-order valence-electron chi connectivity index (χ4n) is 2.84. The minimum absolute atomic E-state index is 0.194. The molecule has 5 nitrogen and oxygen atoms in total. The Hall–Kier alpha value is -1.10. The monoisotopic (exact) mass is 266 g/mol. The van der Waals surface area contributed by atoms with Crippen molar-refractivity contribution in [1.29, 1.82) is 0 Å². The zero-order valence-corrected chi connectivity index (χ0v) is 11.6. The van der Waals surface area contributed by atoms with Crippen molar-refractivity contribution in [3.8, 4) is 0 Å². The number of carbonyl (C=O) groups excluding carboxylic acids is 2. The lowest BCUT2D eigenvalue weighted by molar-refractivity contribution is -0.168. The highest BCUT2D eigenvalue weighted by Gasteiger charge is 2.44. The Bertz CT molecular complexity index is 388. The summed E-state index contributed by atoms with van der Waals surface area (Å²) in [7, 11) is 0. The third-order valence-corrected chi connectivity index (χ3v) is 4.38. The molecule has 0 atom stereocenters. The zero-order chi connectivity index (χ0) is 13.5. The minimum atomic E-state index is -0.324. The van der Waals surface area contributed by atoms with Gasteiger partial charge in [0, 0.05) is 32.1 Å². The lowest BCUT2D eigenvalue weighted by atomic mass is 9.87. The molecule has 1 saturated carbocycles. The molecule has 2 heterocycles. The Morgan fingerprint density at radius 3 is 2.26 bits per heavy atom. The summed E-state index contributed by atoms with van der Waals surface area (Å²) in [6.07, 6.45) is 2.99. The van der Waals surface area contributed by atoms with E-state index in [1.807, 2.05) is 16.7 Å². The van der Waals surface area contributed by atoms with Crippen LogP contribution in [-0.2, 0) is 14.3 Å². The predicted molar refractivity (Wildman–Crippen MR) is 69.4 cm³/mol. The van der Waals surface area contributed by atoms with E-state index in [1.54, 1.807) is 0 Å². The van der Waals surface area contributed by atoms with E-state index < -0.39 is 0 Å². The lowest BCUT2D eigenvalue weighted by Gasteiger charge is -2.40. The maximum Gasteiger partial charge on any atom is 0.233 e. The fraction of sp³-hybridized carbons (Fsp3) is 0.857. The Labute approximate surface area is 113 Å². The number of ether oxygens (including phenoxy) is 1. The van der Waals surface area contributed by atoms with E-state index in [4.69, 9.17) is 4.74 Å². The summed E-state index contributed by atoms with van der Waals surface area (Å²) < 4.78 is 5.17. The van der Waals surface area contributed by atoms with Gasteiger partial charge in [-0.15, -0.1) is 0 Å². The van der Waals surface area contributed by atoms with Gasteiger partial charge >= 0.3 is 0 Å². The van der Waals surface area contributed by atoms with Gasteiger partial charge in [0.15, 0.2) is 0 Å². The van der Waals surface area contributed by atoms with E-state index in [-0.39, 0.29) is 17.2 Å². The van der Waals surface area contributed by atoms with Crippen molar-refractivity contribution in [2.75, 3.05) is 39.4 Å². The lowest BCUT2D eigenvalue weighted by Crippen LogP contribution is -2.54. The van der Waals surface area contributed by atoms with E-state index in [9.17, 15) is 9.59 Å². The van der Waals surface area contributed by atoms with Crippen LogP contribution in [0.15, 0.2) is 0 Å². The topological polar surface area (TPSA) is 49.9 Å². The first-order valence-corrected chi connectivity index (χ1v) is 7.26. The van der Waals surface area contributed by atoms with Crippen molar-refractivity contribution in [1.82, 2.24) is 9.80 Å². The molecular formula is C14H22N2O3. The molecule has 2 amide bonds. The average molecular weight is 266 g/mol. The summed E-state index contributed by atoms with van der Waals surface area (Å²) in [6, 6.07) is 0. The second-order valence-corrected chi connectivity index (χ2v) is 6.30. The smallest absolute Gasteiger partial charge is 0.233 e. The van der Waals surface area contributed by atoms with Crippen LogP contribution in [0.2, 0.25) is 0 Å². The molecule has 0 aromatic carbocycles. The van der Waals surface area contributed by atoms with Crippen molar-refractivity contribution in [2.24, 2.45) is 11.3 Å². The summed E-state index contributed by atoms with van der Waals surface area (Å²) >= 11 is 0. The summed E-state index contributed by atoms with van der Waals surface area (Å²) in [6.45, 7) is 5.97. The molecule has 2 aliphatic heterocycles. The minimum Gasteiger partial charge on any atom is -0.379 e. The maximum atomic E-state index is 12.4. The van der Waals surface area contributed by atoms with Crippen LogP contribution in [0.25, 0.3) is 0 Å². The first-order chi connectivity index (χ1) is 9.10. The Kier molecular flexibility index (Phi) is 3.25. The largest absolute Gasteiger partial charge is 0.379 e. The molecular weight excluding hydrogens is 244 g/mol. The second-order valence-electron chi connectivity index (χ2n) is 6.30. The van der Waals surface area contributed by atoms with Crippen molar-refractivity contribution >= 4 is 11.8 Å². The predicted octanol–water partition coefficient (Wildman–Crippen LogP) is 0.494. The highest BCUT2D eigenvalue weighted by atomic mass is 16.5. The number of hydrogen-bond acceptors (Lipinski definition) is 3. The number of nitrogens with zero attached hydrogens (tertiary/aromatic N) is 2. The van der Waals surface area contributed by atoms with Gasteiger partial charge in [0.05, 0.1) is 18.6 Å².